The van der Waals surface area contributed by atoms with Crippen molar-refractivity contribution in [1.29, 1.82) is 0 Å². The number of hydrogen-bond acceptors (Lipinski definition) is 4. The van der Waals surface area contributed by atoms with E-state index in [9.17, 15) is 14.7 Å². The minimum Gasteiger partial charge on any atom is -0.504 e. The highest BCUT2D eigenvalue weighted by Crippen LogP contribution is 2.63. The lowest BCUT2D eigenvalue weighted by atomic mass is 9.54. The summed E-state index contributed by atoms with van der Waals surface area (Å²) in [6.45, 7) is 5.82. The van der Waals surface area contributed by atoms with E-state index < -0.39 is 22.6 Å². The van der Waals surface area contributed by atoms with E-state index in [0.29, 0.717) is 12.8 Å². The number of allylic oxidation sites excluding steroid dienone is 2. The standard InChI is InChI=1S/C17H26O4/c1-4-12-13(18)14(19)17(5-2,15(20)21-6-3)16(12)10-8-7-9-11-16/h18H,4-11H2,1-3H3/t17-/m0/s1. The first kappa shape index (κ1) is 16.1. The number of ether oxygens (including phenoxy) is 1. The summed E-state index contributed by atoms with van der Waals surface area (Å²) in [5.74, 6) is -1.04. The summed E-state index contributed by atoms with van der Waals surface area (Å²) in [4.78, 5) is 25.5. The third-order valence-electron chi connectivity index (χ3n) is 5.50. The van der Waals surface area contributed by atoms with E-state index in [4.69, 9.17) is 4.74 Å². The van der Waals surface area contributed by atoms with Gasteiger partial charge in [-0.2, -0.15) is 0 Å². The largest absolute Gasteiger partial charge is 0.504 e. The number of carbonyl (C=O) groups excluding carboxylic acids is 2. The lowest BCUT2D eigenvalue weighted by molar-refractivity contribution is -0.168. The molecule has 0 bridgehead atoms. The molecule has 1 spiro atoms. The Kier molecular flexibility index (Phi) is 4.45. The van der Waals surface area contributed by atoms with Crippen molar-refractivity contribution in [3.8, 4) is 0 Å². The summed E-state index contributed by atoms with van der Waals surface area (Å²) in [6.07, 6.45) is 5.68. The Morgan fingerprint density at radius 3 is 2.29 bits per heavy atom. The van der Waals surface area contributed by atoms with Crippen LogP contribution in [0.4, 0.5) is 0 Å². The maximum absolute atomic E-state index is 12.8. The SMILES string of the molecule is CCOC(=O)[C@]1(CC)C(=O)C(O)=C(CC)C12CCCCC2. The smallest absolute Gasteiger partial charge is 0.321 e. The molecule has 21 heavy (non-hydrogen) atoms. The van der Waals surface area contributed by atoms with Crippen molar-refractivity contribution in [1.82, 2.24) is 0 Å². The quantitative estimate of drug-likeness (QED) is 0.634. The van der Waals surface area contributed by atoms with Gasteiger partial charge in [0.1, 0.15) is 5.41 Å². The number of ketones is 1. The molecule has 0 unspecified atom stereocenters. The molecule has 118 valence electrons. The number of rotatable bonds is 4. The fourth-order valence-corrected chi connectivity index (χ4v) is 4.62. The first-order valence-corrected chi connectivity index (χ1v) is 8.16. The first-order chi connectivity index (χ1) is 10.0. The first-order valence-electron chi connectivity index (χ1n) is 8.16. The van der Waals surface area contributed by atoms with E-state index in [0.717, 1.165) is 37.7 Å². The van der Waals surface area contributed by atoms with Gasteiger partial charge in [-0.1, -0.05) is 33.1 Å². The Balaban J connectivity index is 2.61. The van der Waals surface area contributed by atoms with Crippen LogP contribution < -0.4 is 0 Å². The van der Waals surface area contributed by atoms with Gasteiger partial charge in [-0.3, -0.25) is 9.59 Å². The molecular weight excluding hydrogens is 268 g/mol. The van der Waals surface area contributed by atoms with Crippen LogP contribution in [-0.2, 0) is 14.3 Å². The molecule has 1 atom stereocenters. The molecule has 0 aromatic rings. The van der Waals surface area contributed by atoms with Crippen molar-refractivity contribution in [3.63, 3.8) is 0 Å². The van der Waals surface area contributed by atoms with Gasteiger partial charge in [0.25, 0.3) is 0 Å². The highest BCUT2D eigenvalue weighted by atomic mass is 16.5. The Bertz CT molecular complexity index is 471. The van der Waals surface area contributed by atoms with Gasteiger partial charge >= 0.3 is 5.97 Å². The van der Waals surface area contributed by atoms with Crippen LogP contribution in [0.5, 0.6) is 0 Å². The van der Waals surface area contributed by atoms with Gasteiger partial charge in [0.15, 0.2) is 5.76 Å². The Hall–Kier alpha value is -1.32. The zero-order valence-electron chi connectivity index (χ0n) is 13.3. The predicted octanol–water partition coefficient (Wildman–Crippen LogP) is 3.70. The molecule has 2 rings (SSSR count). The van der Waals surface area contributed by atoms with Crippen molar-refractivity contribution in [2.45, 2.75) is 65.7 Å². The molecule has 1 N–H and O–H groups in total. The highest BCUT2D eigenvalue weighted by Gasteiger charge is 2.67. The van der Waals surface area contributed by atoms with Crippen molar-refractivity contribution in [3.05, 3.63) is 11.3 Å². The van der Waals surface area contributed by atoms with Crippen LogP contribution in [0.1, 0.15) is 65.7 Å². The molecule has 0 amide bonds. The number of aliphatic hydroxyl groups is 1. The maximum Gasteiger partial charge on any atom is 0.321 e. The molecular formula is C17H26O4. The number of aliphatic hydroxyl groups excluding tert-OH is 1. The monoisotopic (exact) mass is 294 g/mol. The minimum atomic E-state index is -1.21. The van der Waals surface area contributed by atoms with E-state index in [1.54, 1.807) is 6.92 Å². The Morgan fingerprint density at radius 2 is 1.81 bits per heavy atom. The molecule has 0 heterocycles. The van der Waals surface area contributed by atoms with Crippen molar-refractivity contribution in [2.75, 3.05) is 6.61 Å². The van der Waals surface area contributed by atoms with Gasteiger partial charge in [-0.25, -0.2) is 0 Å². The molecule has 0 radical (unpaired) electrons. The third kappa shape index (κ3) is 1.95. The summed E-state index contributed by atoms with van der Waals surface area (Å²) in [5, 5.41) is 10.4. The Morgan fingerprint density at radius 1 is 1.19 bits per heavy atom. The van der Waals surface area contributed by atoms with Crippen LogP contribution in [-0.4, -0.2) is 23.5 Å². The average molecular weight is 294 g/mol. The lowest BCUT2D eigenvalue weighted by Gasteiger charge is -2.46. The molecule has 0 aromatic carbocycles. The molecule has 4 nitrogen and oxygen atoms in total. The summed E-state index contributed by atoms with van der Waals surface area (Å²) >= 11 is 0. The second-order valence-electron chi connectivity index (χ2n) is 6.13. The summed E-state index contributed by atoms with van der Waals surface area (Å²) in [7, 11) is 0. The molecule has 0 saturated heterocycles. The summed E-state index contributed by atoms with van der Waals surface area (Å²) < 4.78 is 5.26. The van der Waals surface area contributed by atoms with Crippen LogP contribution in [0.3, 0.4) is 0 Å². The number of esters is 1. The average Bonchev–Trinajstić information content (AvgIpc) is 2.66. The molecule has 0 aliphatic heterocycles. The van der Waals surface area contributed by atoms with Crippen molar-refractivity contribution < 1.29 is 19.4 Å². The van der Waals surface area contributed by atoms with Gasteiger partial charge < -0.3 is 9.84 Å². The topological polar surface area (TPSA) is 63.6 Å². The Labute approximate surface area is 126 Å². The third-order valence-corrected chi connectivity index (χ3v) is 5.50. The van der Waals surface area contributed by atoms with E-state index >= 15 is 0 Å². The summed E-state index contributed by atoms with van der Waals surface area (Å²) in [6, 6.07) is 0. The van der Waals surface area contributed by atoms with Crippen LogP contribution in [0.15, 0.2) is 11.3 Å². The molecule has 0 aromatic heterocycles. The van der Waals surface area contributed by atoms with Gasteiger partial charge in [-0.05, 0) is 38.2 Å². The van der Waals surface area contributed by atoms with E-state index in [-0.39, 0.29) is 12.4 Å². The number of carbonyl (C=O) groups is 2. The van der Waals surface area contributed by atoms with E-state index in [1.165, 1.54) is 0 Å². The van der Waals surface area contributed by atoms with Gasteiger partial charge in [-0.15, -0.1) is 0 Å². The fraction of sp³-hybridized carbons (Fsp3) is 0.765. The predicted molar refractivity (Wildman–Crippen MR) is 79.8 cm³/mol. The van der Waals surface area contributed by atoms with E-state index in [2.05, 4.69) is 0 Å². The molecule has 1 saturated carbocycles. The molecule has 2 aliphatic rings. The lowest BCUT2D eigenvalue weighted by Crippen LogP contribution is -2.51. The molecule has 1 fully saturated rings. The molecule has 4 heteroatoms. The summed E-state index contributed by atoms with van der Waals surface area (Å²) in [5.41, 5.74) is -0.955. The van der Waals surface area contributed by atoms with Crippen LogP contribution >= 0.6 is 0 Å². The minimum absolute atomic E-state index is 0.172. The van der Waals surface area contributed by atoms with Gasteiger partial charge in [0, 0.05) is 5.41 Å². The van der Waals surface area contributed by atoms with Crippen LogP contribution in [0, 0.1) is 10.8 Å². The zero-order valence-corrected chi connectivity index (χ0v) is 13.3. The highest BCUT2D eigenvalue weighted by molar-refractivity contribution is 6.15. The molecule has 2 aliphatic carbocycles. The second-order valence-corrected chi connectivity index (χ2v) is 6.13. The van der Waals surface area contributed by atoms with Gasteiger partial charge in [0.05, 0.1) is 6.61 Å². The van der Waals surface area contributed by atoms with Crippen LogP contribution in [0.2, 0.25) is 0 Å². The van der Waals surface area contributed by atoms with Crippen LogP contribution in [0.25, 0.3) is 0 Å². The number of hydrogen-bond donors (Lipinski definition) is 1. The van der Waals surface area contributed by atoms with Crippen molar-refractivity contribution >= 4 is 11.8 Å². The van der Waals surface area contributed by atoms with E-state index in [1.807, 2.05) is 13.8 Å². The van der Waals surface area contributed by atoms with Crippen molar-refractivity contribution in [2.24, 2.45) is 10.8 Å². The maximum atomic E-state index is 12.8. The normalized spacial score (nSPS) is 28.2. The fourth-order valence-electron chi connectivity index (χ4n) is 4.62. The van der Waals surface area contributed by atoms with Gasteiger partial charge in [0.2, 0.25) is 5.78 Å². The number of Topliss-reactive ketones (excluding diaryl/α,β-unsaturated/α-hetero) is 1. The zero-order chi connectivity index (χ0) is 15.7. The second kappa shape index (κ2) is 5.82.